The Kier molecular flexibility index (Phi) is 3.20. The molecule has 2 heterocycles. The number of H-pyrrole nitrogens is 1. The molecule has 0 radical (unpaired) electrons. The van der Waals surface area contributed by atoms with E-state index in [1.54, 1.807) is 14.0 Å². The highest BCUT2D eigenvalue weighted by atomic mass is 79.9. The Balaban J connectivity index is 2.43. The first-order valence-corrected chi connectivity index (χ1v) is 7.32. The van der Waals surface area contributed by atoms with Gasteiger partial charge in [-0.15, -0.1) is 0 Å². The van der Waals surface area contributed by atoms with Crippen LogP contribution in [0.5, 0.6) is 0 Å². The van der Waals surface area contributed by atoms with Crippen LogP contribution in [-0.2, 0) is 17.1 Å². The molecule has 0 aliphatic heterocycles. The first-order valence-electron chi connectivity index (χ1n) is 5.05. The number of nitrogens with one attached hydrogen (secondary N) is 2. The van der Waals surface area contributed by atoms with Gasteiger partial charge in [0.15, 0.2) is 10.8 Å². The van der Waals surface area contributed by atoms with E-state index in [4.69, 9.17) is 0 Å². The van der Waals surface area contributed by atoms with Gasteiger partial charge in [0.05, 0.1) is 10.7 Å². The summed E-state index contributed by atoms with van der Waals surface area (Å²) in [5.74, 6) is 0.292. The van der Waals surface area contributed by atoms with Gasteiger partial charge >= 0.3 is 0 Å². The minimum atomic E-state index is -3.72. The number of nitrogens with zero attached hydrogens (tertiary/aromatic N) is 3. The minimum absolute atomic E-state index is 0.0579. The maximum atomic E-state index is 12.2. The molecule has 0 aliphatic rings. The van der Waals surface area contributed by atoms with Crippen molar-refractivity contribution in [1.82, 2.24) is 20.0 Å². The van der Waals surface area contributed by atoms with Gasteiger partial charge in [-0.05, 0) is 29.8 Å². The zero-order chi connectivity index (χ0) is 13.5. The van der Waals surface area contributed by atoms with E-state index < -0.39 is 10.0 Å². The van der Waals surface area contributed by atoms with Gasteiger partial charge in [0.1, 0.15) is 0 Å². The third-order valence-electron chi connectivity index (χ3n) is 2.58. The van der Waals surface area contributed by atoms with Gasteiger partial charge < -0.3 is 0 Å². The third kappa shape index (κ3) is 2.15. The summed E-state index contributed by atoms with van der Waals surface area (Å²) < 4.78 is 28.5. The van der Waals surface area contributed by atoms with Crippen molar-refractivity contribution >= 4 is 31.8 Å². The van der Waals surface area contributed by atoms with Gasteiger partial charge in [-0.2, -0.15) is 18.6 Å². The van der Waals surface area contributed by atoms with Gasteiger partial charge in [-0.1, -0.05) is 0 Å². The zero-order valence-corrected chi connectivity index (χ0v) is 12.4. The second-order valence-electron chi connectivity index (χ2n) is 3.85. The molecule has 18 heavy (non-hydrogen) atoms. The van der Waals surface area contributed by atoms with Crippen molar-refractivity contribution in [2.45, 2.75) is 18.9 Å². The minimum Gasteiger partial charge on any atom is -0.280 e. The van der Waals surface area contributed by atoms with Gasteiger partial charge in [-0.3, -0.25) is 14.5 Å². The summed E-state index contributed by atoms with van der Waals surface area (Å²) in [6.07, 6.45) is 1.43. The molecule has 0 spiro atoms. The topological polar surface area (TPSA) is 92.7 Å². The number of aryl methyl sites for hydroxylation is 2. The quantitative estimate of drug-likeness (QED) is 0.885. The van der Waals surface area contributed by atoms with Crippen LogP contribution in [0.3, 0.4) is 0 Å². The molecule has 0 atom stereocenters. The largest absolute Gasteiger partial charge is 0.281 e. The smallest absolute Gasteiger partial charge is 0.280 e. The van der Waals surface area contributed by atoms with Crippen molar-refractivity contribution in [2.24, 2.45) is 7.05 Å². The standard InChI is InChI=1S/C9H12BrN5O2S/c1-5-6(2)12-13-8(5)14-18(16,17)9-7(10)4-11-15(9)3/h4H,1-3H3,(H2,12,13,14). The molecule has 2 aromatic heterocycles. The van der Waals surface area contributed by atoms with Crippen LogP contribution < -0.4 is 4.72 Å². The molecule has 2 rings (SSSR count). The Bertz CT molecular complexity index is 668. The van der Waals surface area contributed by atoms with E-state index in [9.17, 15) is 8.42 Å². The van der Waals surface area contributed by atoms with Crippen molar-refractivity contribution < 1.29 is 8.42 Å². The van der Waals surface area contributed by atoms with Gasteiger partial charge in [-0.25, -0.2) is 0 Å². The average molecular weight is 334 g/mol. The molecule has 0 aromatic carbocycles. The summed E-state index contributed by atoms with van der Waals surface area (Å²) in [6.45, 7) is 3.61. The highest BCUT2D eigenvalue weighted by Gasteiger charge is 2.24. The number of hydrogen-bond acceptors (Lipinski definition) is 4. The van der Waals surface area contributed by atoms with E-state index in [2.05, 4.69) is 35.9 Å². The van der Waals surface area contributed by atoms with Crippen LogP contribution in [0.2, 0.25) is 0 Å². The molecule has 2 N–H and O–H groups in total. The molecule has 98 valence electrons. The fourth-order valence-corrected chi connectivity index (χ4v) is 3.70. The van der Waals surface area contributed by atoms with Crippen LogP contribution in [0, 0.1) is 13.8 Å². The molecular weight excluding hydrogens is 322 g/mol. The molecule has 0 bridgehead atoms. The Morgan fingerprint density at radius 1 is 1.44 bits per heavy atom. The fourth-order valence-electron chi connectivity index (χ4n) is 1.46. The predicted octanol–water partition coefficient (Wildman–Crippen LogP) is 1.32. The first-order chi connectivity index (χ1) is 8.33. The second-order valence-corrected chi connectivity index (χ2v) is 6.30. The lowest BCUT2D eigenvalue weighted by atomic mass is 10.3. The van der Waals surface area contributed by atoms with E-state index >= 15 is 0 Å². The van der Waals surface area contributed by atoms with E-state index in [0.29, 0.717) is 10.3 Å². The molecule has 0 aliphatic carbocycles. The van der Waals surface area contributed by atoms with Crippen LogP contribution in [0.25, 0.3) is 0 Å². The normalized spacial score (nSPS) is 11.8. The highest BCUT2D eigenvalue weighted by Crippen LogP contribution is 2.24. The Labute approximate surface area is 113 Å². The van der Waals surface area contributed by atoms with Crippen LogP contribution in [0.4, 0.5) is 5.82 Å². The van der Waals surface area contributed by atoms with E-state index in [0.717, 1.165) is 11.3 Å². The lowest BCUT2D eigenvalue weighted by molar-refractivity contribution is 0.581. The van der Waals surface area contributed by atoms with Crippen molar-refractivity contribution in [1.29, 1.82) is 0 Å². The van der Waals surface area contributed by atoms with Crippen LogP contribution >= 0.6 is 15.9 Å². The highest BCUT2D eigenvalue weighted by molar-refractivity contribution is 9.10. The number of hydrogen-bond donors (Lipinski definition) is 2. The Morgan fingerprint density at radius 2 is 2.11 bits per heavy atom. The number of aromatic amines is 1. The Morgan fingerprint density at radius 3 is 2.56 bits per heavy atom. The first kappa shape index (κ1) is 13.1. The molecule has 9 heteroatoms. The van der Waals surface area contributed by atoms with E-state index in [1.807, 2.05) is 6.92 Å². The maximum Gasteiger partial charge on any atom is 0.281 e. The molecular formula is C9H12BrN5O2S. The van der Waals surface area contributed by atoms with Crippen LogP contribution in [0.15, 0.2) is 15.7 Å². The predicted molar refractivity (Wildman–Crippen MR) is 69.8 cm³/mol. The lowest BCUT2D eigenvalue weighted by Crippen LogP contribution is -2.18. The second kappa shape index (κ2) is 4.39. The summed E-state index contributed by atoms with van der Waals surface area (Å²) >= 11 is 3.16. The number of anilines is 1. The van der Waals surface area contributed by atoms with Gasteiger partial charge in [0.2, 0.25) is 0 Å². The monoisotopic (exact) mass is 333 g/mol. The van der Waals surface area contributed by atoms with Crippen LogP contribution in [0.1, 0.15) is 11.3 Å². The van der Waals surface area contributed by atoms with Gasteiger partial charge in [0, 0.05) is 18.3 Å². The SMILES string of the molecule is Cc1[nH]nc(NS(=O)(=O)c2c(Br)cnn2C)c1C. The van der Waals surface area contributed by atoms with E-state index in [-0.39, 0.29) is 5.03 Å². The average Bonchev–Trinajstić information content (AvgIpc) is 2.76. The summed E-state index contributed by atoms with van der Waals surface area (Å²) in [5, 5.41) is 10.6. The molecule has 7 nitrogen and oxygen atoms in total. The van der Waals surface area contributed by atoms with Crippen molar-refractivity contribution in [2.75, 3.05) is 4.72 Å². The molecule has 0 fully saturated rings. The summed E-state index contributed by atoms with van der Waals surface area (Å²) in [7, 11) is -2.16. The lowest BCUT2D eigenvalue weighted by Gasteiger charge is -2.07. The van der Waals surface area contributed by atoms with Gasteiger partial charge in [0.25, 0.3) is 10.0 Å². The fraction of sp³-hybridized carbons (Fsp3) is 0.333. The van der Waals surface area contributed by atoms with Crippen LogP contribution in [-0.4, -0.2) is 28.4 Å². The number of aromatic nitrogens is 4. The molecule has 0 unspecified atom stereocenters. The van der Waals surface area contributed by atoms with E-state index in [1.165, 1.54) is 10.9 Å². The maximum absolute atomic E-state index is 12.2. The van der Waals surface area contributed by atoms with Crippen molar-refractivity contribution in [3.8, 4) is 0 Å². The molecule has 0 amide bonds. The number of sulfonamides is 1. The van der Waals surface area contributed by atoms with Crippen molar-refractivity contribution in [3.63, 3.8) is 0 Å². The summed E-state index contributed by atoms with van der Waals surface area (Å²) in [6, 6.07) is 0. The summed E-state index contributed by atoms with van der Waals surface area (Å²) in [4.78, 5) is 0. The number of halogens is 1. The zero-order valence-electron chi connectivity index (χ0n) is 10.0. The molecule has 0 saturated carbocycles. The molecule has 0 saturated heterocycles. The summed E-state index contributed by atoms with van der Waals surface area (Å²) in [5.41, 5.74) is 1.58. The Hall–Kier alpha value is -1.35. The third-order valence-corrected chi connectivity index (χ3v) is 4.88. The number of rotatable bonds is 3. The molecule has 2 aromatic rings. The van der Waals surface area contributed by atoms with Crippen molar-refractivity contribution in [3.05, 3.63) is 21.9 Å².